The Bertz CT molecular complexity index is 653. The van der Waals surface area contributed by atoms with Crippen molar-refractivity contribution in [3.05, 3.63) is 28.3 Å². The molecule has 3 rings (SSSR count). The molecule has 1 aliphatic carbocycles. The van der Waals surface area contributed by atoms with Gasteiger partial charge < -0.3 is 9.73 Å². The molecule has 0 spiro atoms. The maximum Gasteiger partial charge on any atom is 0.295 e. The number of non-ortho nitro benzene ring substituents is 1. The largest absolute Gasteiger partial charge is 0.424 e. The van der Waals surface area contributed by atoms with Crippen LogP contribution < -0.4 is 5.32 Å². The fraction of sp³-hybridized carbons (Fsp3) is 0.533. The van der Waals surface area contributed by atoms with Crippen LogP contribution in [-0.4, -0.2) is 15.9 Å². The molecule has 1 aliphatic rings. The van der Waals surface area contributed by atoms with Gasteiger partial charge in [-0.2, -0.15) is 4.98 Å². The number of hydrogen-bond acceptors (Lipinski definition) is 5. The lowest BCUT2D eigenvalue weighted by molar-refractivity contribution is -0.384. The SMILES string of the molecule is CCC1CCCCC1Nc1nc2cc([N+](=O)[O-])ccc2o1. The monoisotopic (exact) mass is 289 g/mol. The molecule has 2 atom stereocenters. The zero-order chi connectivity index (χ0) is 14.8. The number of nitro benzene ring substituents is 1. The van der Waals surface area contributed by atoms with Gasteiger partial charge in [0.05, 0.1) is 4.92 Å². The van der Waals surface area contributed by atoms with Gasteiger partial charge in [0.25, 0.3) is 11.7 Å². The van der Waals surface area contributed by atoms with Gasteiger partial charge in [0, 0.05) is 18.2 Å². The lowest BCUT2D eigenvalue weighted by Crippen LogP contribution is -2.31. The van der Waals surface area contributed by atoms with Crippen LogP contribution in [0.2, 0.25) is 0 Å². The number of nitro groups is 1. The summed E-state index contributed by atoms with van der Waals surface area (Å²) < 4.78 is 5.65. The molecule has 2 aromatic rings. The summed E-state index contributed by atoms with van der Waals surface area (Å²) in [5, 5.41) is 14.2. The highest BCUT2D eigenvalue weighted by atomic mass is 16.6. The van der Waals surface area contributed by atoms with Gasteiger partial charge >= 0.3 is 0 Å². The third-order valence-electron chi connectivity index (χ3n) is 4.32. The van der Waals surface area contributed by atoms with E-state index in [1.54, 1.807) is 6.07 Å². The molecular formula is C15H19N3O3. The summed E-state index contributed by atoms with van der Waals surface area (Å²) in [5.41, 5.74) is 1.13. The Balaban J connectivity index is 1.82. The molecule has 1 heterocycles. The Labute approximate surface area is 122 Å². The standard InChI is InChI=1S/C15H19N3O3/c1-2-10-5-3-4-6-12(10)16-15-17-13-9-11(18(19)20)7-8-14(13)21-15/h7-10,12H,2-6H2,1H3,(H,16,17). The van der Waals surface area contributed by atoms with Gasteiger partial charge in [-0.1, -0.05) is 26.2 Å². The first-order chi connectivity index (χ1) is 10.2. The Hall–Kier alpha value is -2.11. The number of oxazole rings is 1. The lowest BCUT2D eigenvalue weighted by atomic mass is 9.83. The number of fused-ring (bicyclic) bond motifs is 1. The van der Waals surface area contributed by atoms with Crippen molar-refractivity contribution >= 4 is 22.8 Å². The van der Waals surface area contributed by atoms with Crippen LogP contribution in [0, 0.1) is 16.0 Å². The van der Waals surface area contributed by atoms with Crippen molar-refractivity contribution in [2.75, 3.05) is 5.32 Å². The molecule has 1 fully saturated rings. The van der Waals surface area contributed by atoms with Gasteiger partial charge in [-0.15, -0.1) is 0 Å². The maximum absolute atomic E-state index is 10.8. The highest BCUT2D eigenvalue weighted by molar-refractivity contribution is 5.77. The summed E-state index contributed by atoms with van der Waals surface area (Å²) in [7, 11) is 0. The van der Waals surface area contributed by atoms with E-state index in [2.05, 4.69) is 17.2 Å². The van der Waals surface area contributed by atoms with Crippen LogP contribution in [0.4, 0.5) is 11.7 Å². The van der Waals surface area contributed by atoms with Crippen LogP contribution >= 0.6 is 0 Å². The highest BCUT2D eigenvalue weighted by Crippen LogP contribution is 2.30. The fourth-order valence-electron chi connectivity index (χ4n) is 3.14. The minimum absolute atomic E-state index is 0.0338. The number of benzene rings is 1. The molecule has 0 radical (unpaired) electrons. The first-order valence-corrected chi connectivity index (χ1v) is 7.49. The number of hydrogen-bond donors (Lipinski definition) is 1. The Morgan fingerprint density at radius 3 is 3.00 bits per heavy atom. The van der Waals surface area contributed by atoms with Crippen molar-refractivity contribution in [1.82, 2.24) is 4.98 Å². The molecule has 21 heavy (non-hydrogen) atoms. The third kappa shape index (κ3) is 2.84. The van der Waals surface area contributed by atoms with Gasteiger partial charge in [-0.05, 0) is 24.8 Å². The molecule has 1 aromatic heterocycles. The predicted molar refractivity (Wildman–Crippen MR) is 80.3 cm³/mol. The zero-order valence-corrected chi connectivity index (χ0v) is 12.0. The van der Waals surface area contributed by atoms with Crippen molar-refractivity contribution in [3.63, 3.8) is 0 Å². The Kier molecular flexibility index (Phi) is 3.77. The summed E-state index contributed by atoms with van der Waals surface area (Å²) in [6.07, 6.45) is 6.01. The molecule has 0 bridgehead atoms. The smallest absolute Gasteiger partial charge is 0.295 e. The van der Waals surface area contributed by atoms with Crippen LogP contribution in [-0.2, 0) is 0 Å². The Morgan fingerprint density at radius 1 is 1.43 bits per heavy atom. The normalized spacial score (nSPS) is 22.3. The third-order valence-corrected chi connectivity index (χ3v) is 4.32. The number of aromatic nitrogens is 1. The molecule has 1 aromatic carbocycles. The van der Waals surface area contributed by atoms with E-state index in [4.69, 9.17) is 4.42 Å². The van der Waals surface area contributed by atoms with E-state index in [-0.39, 0.29) is 5.69 Å². The summed E-state index contributed by atoms with van der Waals surface area (Å²) in [6, 6.07) is 5.33. The number of anilines is 1. The predicted octanol–water partition coefficient (Wildman–Crippen LogP) is 4.12. The number of nitrogens with zero attached hydrogens (tertiary/aromatic N) is 2. The van der Waals surface area contributed by atoms with Gasteiger partial charge in [0.2, 0.25) is 0 Å². The highest BCUT2D eigenvalue weighted by Gasteiger charge is 2.25. The number of rotatable bonds is 4. The molecular weight excluding hydrogens is 270 g/mol. The summed E-state index contributed by atoms with van der Waals surface area (Å²) in [6.45, 7) is 2.21. The van der Waals surface area contributed by atoms with Crippen molar-refractivity contribution < 1.29 is 9.34 Å². The summed E-state index contributed by atoms with van der Waals surface area (Å²) in [5.74, 6) is 0.642. The van der Waals surface area contributed by atoms with Crippen LogP contribution in [0.25, 0.3) is 11.1 Å². The van der Waals surface area contributed by atoms with Crippen molar-refractivity contribution in [1.29, 1.82) is 0 Å². The molecule has 6 heteroatoms. The van der Waals surface area contributed by atoms with Gasteiger partial charge in [0.1, 0.15) is 5.52 Å². The summed E-state index contributed by atoms with van der Waals surface area (Å²) >= 11 is 0. The van der Waals surface area contributed by atoms with Crippen molar-refractivity contribution in [3.8, 4) is 0 Å². The molecule has 1 saturated carbocycles. The number of nitrogens with one attached hydrogen (secondary N) is 1. The van der Waals surface area contributed by atoms with Gasteiger partial charge in [-0.3, -0.25) is 10.1 Å². The second-order valence-electron chi connectivity index (χ2n) is 5.63. The van der Waals surface area contributed by atoms with E-state index in [0.29, 0.717) is 29.1 Å². The van der Waals surface area contributed by atoms with E-state index in [1.807, 2.05) is 0 Å². The van der Waals surface area contributed by atoms with Crippen molar-refractivity contribution in [2.45, 2.75) is 45.1 Å². The molecule has 112 valence electrons. The lowest BCUT2D eigenvalue weighted by Gasteiger charge is -2.30. The topological polar surface area (TPSA) is 81.2 Å². The fourth-order valence-corrected chi connectivity index (χ4v) is 3.14. The first-order valence-electron chi connectivity index (χ1n) is 7.49. The molecule has 0 amide bonds. The van der Waals surface area contributed by atoms with Crippen LogP contribution in [0.15, 0.2) is 22.6 Å². The minimum atomic E-state index is -0.421. The van der Waals surface area contributed by atoms with Crippen LogP contribution in [0.1, 0.15) is 39.0 Å². The van der Waals surface area contributed by atoms with E-state index in [9.17, 15) is 10.1 Å². The first kappa shape index (κ1) is 13.9. The van der Waals surface area contributed by atoms with E-state index in [0.717, 1.165) is 12.8 Å². The van der Waals surface area contributed by atoms with Crippen LogP contribution in [0.3, 0.4) is 0 Å². The molecule has 2 unspecified atom stereocenters. The molecule has 0 aliphatic heterocycles. The van der Waals surface area contributed by atoms with E-state index < -0.39 is 4.92 Å². The molecule has 6 nitrogen and oxygen atoms in total. The molecule has 0 saturated heterocycles. The van der Waals surface area contributed by atoms with Gasteiger partial charge in [0.15, 0.2) is 5.58 Å². The van der Waals surface area contributed by atoms with E-state index in [1.165, 1.54) is 31.4 Å². The second-order valence-corrected chi connectivity index (χ2v) is 5.63. The quantitative estimate of drug-likeness (QED) is 0.676. The maximum atomic E-state index is 10.8. The van der Waals surface area contributed by atoms with E-state index >= 15 is 0 Å². The summed E-state index contributed by atoms with van der Waals surface area (Å²) in [4.78, 5) is 14.7. The van der Waals surface area contributed by atoms with Crippen molar-refractivity contribution in [2.24, 2.45) is 5.92 Å². The second kappa shape index (κ2) is 5.71. The average molecular weight is 289 g/mol. The zero-order valence-electron chi connectivity index (χ0n) is 12.0. The average Bonchev–Trinajstić information content (AvgIpc) is 2.89. The van der Waals surface area contributed by atoms with Gasteiger partial charge in [-0.25, -0.2) is 0 Å². The molecule has 1 N–H and O–H groups in total. The van der Waals surface area contributed by atoms with Crippen LogP contribution in [0.5, 0.6) is 0 Å². The Morgan fingerprint density at radius 2 is 2.24 bits per heavy atom. The minimum Gasteiger partial charge on any atom is -0.424 e.